The molecule has 2 amide bonds. The lowest BCUT2D eigenvalue weighted by molar-refractivity contribution is -0.128. The van der Waals surface area contributed by atoms with E-state index < -0.39 is 4.75 Å². The summed E-state index contributed by atoms with van der Waals surface area (Å²) in [6.07, 6.45) is 0. The smallest absolute Gasteiger partial charge is 0.252 e. The number of benzene rings is 2. The van der Waals surface area contributed by atoms with Gasteiger partial charge in [0.2, 0.25) is 5.91 Å². The standard InChI is InChI=1S/C20H22N2O3S/c1-4-22-15-11-7-9-13-17(15)26-20(3,19(22)24)18(23)21-14-10-6-8-12-16(14)25-5-2/h6-13H,4-5H2,1-3H3,(H,21,23). The predicted molar refractivity (Wildman–Crippen MR) is 105 cm³/mol. The molecule has 26 heavy (non-hydrogen) atoms. The maximum atomic E-state index is 13.1. The molecule has 1 heterocycles. The molecule has 1 unspecified atom stereocenters. The van der Waals surface area contributed by atoms with Gasteiger partial charge in [0, 0.05) is 11.4 Å². The topological polar surface area (TPSA) is 58.6 Å². The van der Waals surface area contributed by atoms with Crippen molar-refractivity contribution in [1.82, 2.24) is 0 Å². The number of amides is 2. The average Bonchev–Trinajstić information content (AvgIpc) is 2.64. The zero-order valence-electron chi connectivity index (χ0n) is 15.1. The van der Waals surface area contributed by atoms with Crippen LogP contribution in [0.15, 0.2) is 53.4 Å². The molecule has 1 atom stereocenters. The number of carbonyl (C=O) groups is 2. The summed E-state index contributed by atoms with van der Waals surface area (Å²) in [5, 5.41) is 2.88. The summed E-state index contributed by atoms with van der Waals surface area (Å²) in [6.45, 7) is 6.48. The summed E-state index contributed by atoms with van der Waals surface area (Å²) in [4.78, 5) is 28.8. The lowest BCUT2D eigenvalue weighted by Gasteiger charge is -2.38. The highest BCUT2D eigenvalue weighted by atomic mass is 32.2. The Kier molecular flexibility index (Phi) is 5.23. The second-order valence-electron chi connectivity index (χ2n) is 6.04. The van der Waals surface area contributed by atoms with Gasteiger partial charge < -0.3 is 15.0 Å². The summed E-state index contributed by atoms with van der Waals surface area (Å²) in [5.41, 5.74) is 1.42. The highest BCUT2D eigenvalue weighted by Crippen LogP contribution is 2.45. The fraction of sp³-hybridized carbons (Fsp3) is 0.300. The highest BCUT2D eigenvalue weighted by molar-refractivity contribution is 8.02. The summed E-state index contributed by atoms with van der Waals surface area (Å²) >= 11 is 1.29. The Morgan fingerprint density at radius 3 is 2.58 bits per heavy atom. The third kappa shape index (κ3) is 3.17. The van der Waals surface area contributed by atoms with Gasteiger partial charge in [0.15, 0.2) is 4.75 Å². The predicted octanol–water partition coefficient (Wildman–Crippen LogP) is 3.94. The van der Waals surface area contributed by atoms with E-state index in [0.29, 0.717) is 24.6 Å². The van der Waals surface area contributed by atoms with E-state index in [9.17, 15) is 9.59 Å². The Hall–Kier alpha value is -2.47. The van der Waals surface area contributed by atoms with Crippen molar-refractivity contribution in [2.75, 3.05) is 23.4 Å². The summed E-state index contributed by atoms with van der Waals surface area (Å²) in [6, 6.07) is 14.9. The monoisotopic (exact) mass is 370 g/mol. The van der Waals surface area contributed by atoms with Crippen LogP contribution in [0.25, 0.3) is 0 Å². The van der Waals surface area contributed by atoms with E-state index in [1.54, 1.807) is 24.0 Å². The van der Waals surface area contributed by atoms with E-state index in [-0.39, 0.29) is 11.8 Å². The average molecular weight is 370 g/mol. The summed E-state index contributed by atoms with van der Waals surface area (Å²) in [7, 11) is 0. The molecule has 5 nitrogen and oxygen atoms in total. The Balaban J connectivity index is 1.93. The first-order valence-corrected chi connectivity index (χ1v) is 9.46. The number of para-hydroxylation sites is 3. The molecule has 1 aliphatic rings. The zero-order valence-corrected chi connectivity index (χ0v) is 15.9. The van der Waals surface area contributed by atoms with Crippen LogP contribution in [-0.4, -0.2) is 29.7 Å². The second-order valence-corrected chi connectivity index (χ2v) is 7.50. The molecule has 0 bridgehead atoms. The van der Waals surface area contributed by atoms with Crippen molar-refractivity contribution in [3.8, 4) is 5.75 Å². The highest BCUT2D eigenvalue weighted by Gasteiger charge is 2.49. The van der Waals surface area contributed by atoms with Crippen molar-refractivity contribution >= 4 is 35.0 Å². The number of hydrogen-bond acceptors (Lipinski definition) is 4. The second kappa shape index (κ2) is 7.41. The molecule has 0 aromatic heterocycles. The molecular weight excluding hydrogens is 348 g/mol. The van der Waals surface area contributed by atoms with Gasteiger partial charge in [0.25, 0.3) is 5.91 Å². The number of hydrogen-bond donors (Lipinski definition) is 1. The minimum Gasteiger partial charge on any atom is -0.492 e. The van der Waals surface area contributed by atoms with E-state index in [4.69, 9.17) is 4.74 Å². The van der Waals surface area contributed by atoms with E-state index in [1.165, 1.54) is 11.8 Å². The molecule has 6 heteroatoms. The number of fused-ring (bicyclic) bond motifs is 1. The Bertz CT molecular complexity index is 839. The maximum absolute atomic E-state index is 13.1. The minimum atomic E-state index is -1.25. The summed E-state index contributed by atoms with van der Waals surface area (Å²) in [5.74, 6) is 0.0238. The van der Waals surface area contributed by atoms with Gasteiger partial charge in [-0.05, 0) is 45.0 Å². The number of ether oxygens (including phenoxy) is 1. The first-order valence-electron chi connectivity index (χ1n) is 8.64. The van der Waals surface area contributed by atoms with E-state index in [1.807, 2.05) is 50.2 Å². The Labute approximate surface area is 157 Å². The largest absolute Gasteiger partial charge is 0.492 e. The molecule has 0 spiro atoms. The molecule has 0 fully saturated rings. The van der Waals surface area contributed by atoms with Crippen LogP contribution in [0.1, 0.15) is 20.8 Å². The molecule has 2 aromatic rings. The molecule has 3 rings (SSSR count). The van der Waals surface area contributed by atoms with Crippen LogP contribution in [0.2, 0.25) is 0 Å². The first kappa shape index (κ1) is 18.3. The quantitative estimate of drug-likeness (QED) is 0.810. The lowest BCUT2D eigenvalue weighted by atomic mass is 10.1. The summed E-state index contributed by atoms with van der Waals surface area (Å²) < 4.78 is 4.32. The molecule has 136 valence electrons. The molecule has 2 aromatic carbocycles. The maximum Gasteiger partial charge on any atom is 0.252 e. The SMILES string of the molecule is CCOc1ccccc1NC(=O)C1(C)Sc2ccccc2N(CC)C1=O. The van der Waals surface area contributed by atoms with E-state index in [2.05, 4.69) is 5.32 Å². The van der Waals surface area contributed by atoms with Crippen LogP contribution in [0.5, 0.6) is 5.75 Å². The Morgan fingerprint density at radius 2 is 1.85 bits per heavy atom. The van der Waals surface area contributed by atoms with Crippen molar-refractivity contribution in [2.24, 2.45) is 0 Å². The molecule has 0 radical (unpaired) electrons. The van der Waals surface area contributed by atoms with Crippen LogP contribution >= 0.6 is 11.8 Å². The minimum absolute atomic E-state index is 0.213. The molecule has 0 aliphatic carbocycles. The molecule has 0 saturated heterocycles. The third-order valence-electron chi connectivity index (χ3n) is 4.31. The van der Waals surface area contributed by atoms with Gasteiger partial charge in [-0.2, -0.15) is 0 Å². The van der Waals surface area contributed by atoms with Gasteiger partial charge in [-0.3, -0.25) is 9.59 Å². The van der Waals surface area contributed by atoms with E-state index in [0.717, 1.165) is 10.6 Å². The lowest BCUT2D eigenvalue weighted by Crippen LogP contribution is -2.54. The van der Waals surface area contributed by atoms with Crippen molar-refractivity contribution in [2.45, 2.75) is 30.4 Å². The fourth-order valence-electron chi connectivity index (χ4n) is 2.95. The molecule has 0 saturated carbocycles. The Morgan fingerprint density at radius 1 is 1.15 bits per heavy atom. The number of nitrogens with one attached hydrogen (secondary N) is 1. The molecule has 1 aliphatic heterocycles. The van der Waals surface area contributed by atoms with Crippen molar-refractivity contribution in [1.29, 1.82) is 0 Å². The van der Waals surface area contributed by atoms with Gasteiger partial charge in [-0.1, -0.05) is 36.0 Å². The number of nitrogens with zero attached hydrogens (tertiary/aromatic N) is 1. The van der Waals surface area contributed by atoms with Crippen molar-refractivity contribution < 1.29 is 14.3 Å². The van der Waals surface area contributed by atoms with Gasteiger partial charge in [0.1, 0.15) is 5.75 Å². The fourth-order valence-corrected chi connectivity index (χ4v) is 4.16. The number of anilines is 2. The first-order chi connectivity index (χ1) is 12.5. The van der Waals surface area contributed by atoms with Gasteiger partial charge in [-0.25, -0.2) is 0 Å². The normalized spacial score (nSPS) is 19.0. The van der Waals surface area contributed by atoms with Gasteiger partial charge >= 0.3 is 0 Å². The van der Waals surface area contributed by atoms with Crippen LogP contribution < -0.4 is 15.0 Å². The third-order valence-corrected chi connectivity index (χ3v) is 5.64. The van der Waals surface area contributed by atoms with E-state index >= 15 is 0 Å². The van der Waals surface area contributed by atoms with Crippen molar-refractivity contribution in [3.63, 3.8) is 0 Å². The number of carbonyl (C=O) groups excluding carboxylic acids is 2. The number of rotatable bonds is 5. The van der Waals surface area contributed by atoms with Crippen LogP contribution in [0.4, 0.5) is 11.4 Å². The van der Waals surface area contributed by atoms with Crippen LogP contribution in [0.3, 0.4) is 0 Å². The van der Waals surface area contributed by atoms with Crippen LogP contribution in [0, 0.1) is 0 Å². The van der Waals surface area contributed by atoms with Crippen LogP contribution in [-0.2, 0) is 9.59 Å². The number of thioether (sulfide) groups is 1. The molecular formula is C20H22N2O3S. The van der Waals surface area contributed by atoms with Gasteiger partial charge in [-0.15, -0.1) is 0 Å². The van der Waals surface area contributed by atoms with Gasteiger partial charge in [0.05, 0.1) is 18.0 Å². The van der Waals surface area contributed by atoms with Crippen molar-refractivity contribution in [3.05, 3.63) is 48.5 Å². The zero-order chi connectivity index (χ0) is 18.7. The molecule has 1 N–H and O–H groups in total.